The molecule has 1 aromatic carbocycles. The fraction of sp³-hybridized carbons (Fsp3) is 0.438. The van der Waals surface area contributed by atoms with Gasteiger partial charge in [-0.3, -0.25) is 10.1 Å². The Labute approximate surface area is 138 Å². The van der Waals surface area contributed by atoms with Crippen molar-refractivity contribution in [3.05, 3.63) is 28.3 Å². The molecule has 0 unspecified atom stereocenters. The SMILES string of the molecule is N#CC1CN(c2nnc(N3CCCC3)c3ccc([N+](=O)[O-])cc23)C1. The fourth-order valence-corrected chi connectivity index (χ4v) is 3.36. The molecule has 0 spiro atoms. The normalized spacial score (nSPS) is 17.8. The predicted molar refractivity (Wildman–Crippen MR) is 89.0 cm³/mol. The number of aromatic nitrogens is 2. The zero-order chi connectivity index (χ0) is 16.7. The smallest absolute Gasteiger partial charge is 0.270 e. The third kappa shape index (κ3) is 2.29. The number of hydrogen-bond acceptors (Lipinski definition) is 7. The minimum atomic E-state index is -0.395. The molecule has 0 bridgehead atoms. The minimum absolute atomic E-state index is 0.0150. The number of nitro benzene ring substituents is 1. The Morgan fingerprint density at radius 2 is 1.79 bits per heavy atom. The van der Waals surface area contributed by atoms with Crippen molar-refractivity contribution in [3.63, 3.8) is 0 Å². The van der Waals surface area contributed by atoms with E-state index in [2.05, 4.69) is 21.2 Å². The number of non-ortho nitro benzene ring substituents is 1. The Bertz CT molecular complexity index is 850. The molecule has 24 heavy (non-hydrogen) atoms. The van der Waals surface area contributed by atoms with Crippen LogP contribution in [-0.4, -0.2) is 41.3 Å². The van der Waals surface area contributed by atoms with Gasteiger partial charge in [-0.1, -0.05) is 0 Å². The van der Waals surface area contributed by atoms with Crippen molar-refractivity contribution in [3.8, 4) is 6.07 Å². The maximum absolute atomic E-state index is 11.2. The molecule has 1 aromatic heterocycles. The van der Waals surface area contributed by atoms with E-state index in [1.807, 2.05) is 4.90 Å². The molecule has 2 saturated heterocycles. The van der Waals surface area contributed by atoms with Crippen LogP contribution in [0, 0.1) is 27.4 Å². The van der Waals surface area contributed by atoms with Gasteiger partial charge in [-0.2, -0.15) is 5.26 Å². The second-order valence-electron chi connectivity index (χ2n) is 6.26. The van der Waals surface area contributed by atoms with Gasteiger partial charge in [0.05, 0.1) is 16.9 Å². The van der Waals surface area contributed by atoms with E-state index in [1.165, 1.54) is 6.07 Å². The van der Waals surface area contributed by atoms with Crippen LogP contribution < -0.4 is 9.80 Å². The highest BCUT2D eigenvalue weighted by Crippen LogP contribution is 2.36. The molecular formula is C16H16N6O2. The Kier molecular flexibility index (Phi) is 3.41. The van der Waals surface area contributed by atoms with Crippen LogP contribution in [-0.2, 0) is 0 Å². The summed E-state index contributed by atoms with van der Waals surface area (Å²) in [5.74, 6) is 1.40. The second-order valence-corrected chi connectivity index (χ2v) is 6.26. The van der Waals surface area contributed by atoms with Crippen LogP contribution in [0.25, 0.3) is 10.8 Å². The van der Waals surface area contributed by atoms with Crippen molar-refractivity contribution in [1.29, 1.82) is 5.26 Å². The molecule has 0 aliphatic carbocycles. The van der Waals surface area contributed by atoms with Gasteiger partial charge in [0.15, 0.2) is 11.6 Å². The van der Waals surface area contributed by atoms with Crippen LogP contribution in [0.15, 0.2) is 18.2 Å². The van der Waals surface area contributed by atoms with Gasteiger partial charge in [0.25, 0.3) is 5.69 Å². The molecule has 0 N–H and O–H groups in total. The number of nitriles is 1. The third-order valence-corrected chi connectivity index (χ3v) is 4.70. The van der Waals surface area contributed by atoms with Gasteiger partial charge in [-0.05, 0) is 18.9 Å². The molecule has 0 saturated carbocycles. The fourth-order valence-electron chi connectivity index (χ4n) is 3.36. The number of anilines is 2. The molecule has 122 valence electrons. The minimum Gasteiger partial charge on any atom is -0.355 e. The Hall–Kier alpha value is -2.95. The monoisotopic (exact) mass is 324 g/mol. The quantitative estimate of drug-likeness (QED) is 0.629. The first kappa shape index (κ1) is 14.6. The first-order valence-corrected chi connectivity index (χ1v) is 8.01. The summed E-state index contributed by atoms with van der Waals surface area (Å²) in [5, 5.41) is 30.5. The van der Waals surface area contributed by atoms with E-state index < -0.39 is 4.92 Å². The molecule has 0 radical (unpaired) electrons. The Morgan fingerprint density at radius 1 is 1.12 bits per heavy atom. The van der Waals surface area contributed by atoms with Crippen molar-refractivity contribution >= 4 is 28.1 Å². The van der Waals surface area contributed by atoms with E-state index in [0.29, 0.717) is 18.9 Å². The number of fused-ring (bicyclic) bond motifs is 1. The molecule has 2 aromatic rings. The van der Waals surface area contributed by atoms with Crippen LogP contribution in [0.1, 0.15) is 12.8 Å². The lowest BCUT2D eigenvalue weighted by Crippen LogP contribution is -2.46. The van der Waals surface area contributed by atoms with Gasteiger partial charge in [0.1, 0.15) is 0 Å². The Balaban J connectivity index is 1.83. The van der Waals surface area contributed by atoms with E-state index in [0.717, 1.165) is 42.5 Å². The lowest BCUT2D eigenvalue weighted by Gasteiger charge is -2.36. The molecule has 8 heteroatoms. The highest BCUT2D eigenvalue weighted by atomic mass is 16.6. The summed E-state index contributed by atoms with van der Waals surface area (Å²) < 4.78 is 0. The van der Waals surface area contributed by atoms with Crippen LogP contribution in [0.5, 0.6) is 0 Å². The molecule has 2 aliphatic rings. The largest absolute Gasteiger partial charge is 0.355 e. The molecule has 3 heterocycles. The Morgan fingerprint density at radius 3 is 2.42 bits per heavy atom. The second kappa shape index (κ2) is 5.60. The average molecular weight is 324 g/mol. The van der Waals surface area contributed by atoms with Crippen molar-refractivity contribution < 1.29 is 4.92 Å². The van der Waals surface area contributed by atoms with E-state index in [-0.39, 0.29) is 11.6 Å². The molecule has 4 rings (SSSR count). The maximum atomic E-state index is 11.2. The predicted octanol–water partition coefficient (Wildman–Crippen LogP) is 2.10. The molecule has 8 nitrogen and oxygen atoms in total. The van der Waals surface area contributed by atoms with Crippen LogP contribution in [0.2, 0.25) is 0 Å². The van der Waals surface area contributed by atoms with Gasteiger partial charge in [-0.25, -0.2) is 0 Å². The van der Waals surface area contributed by atoms with E-state index in [9.17, 15) is 10.1 Å². The summed E-state index contributed by atoms with van der Waals surface area (Å²) in [4.78, 5) is 14.9. The first-order chi connectivity index (χ1) is 11.7. The standard InChI is InChI=1S/C16H16N6O2/c17-8-11-9-21(10-11)16-14-7-12(22(23)24)3-4-13(14)15(18-19-16)20-5-1-2-6-20/h3-4,7,11H,1-2,5-6,9-10H2. The molecule has 0 amide bonds. The van der Waals surface area contributed by atoms with Crippen molar-refractivity contribution in [2.24, 2.45) is 5.92 Å². The van der Waals surface area contributed by atoms with Gasteiger partial charge in [0.2, 0.25) is 0 Å². The van der Waals surface area contributed by atoms with Crippen LogP contribution in [0.3, 0.4) is 0 Å². The summed E-state index contributed by atoms with van der Waals surface area (Å²) in [6.45, 7) is 3.04. The van der Waals surface area contributed by atoms with E-state index in [4.69, 9.17) is 5.26 Å². The van der Waals surface area contributed by atoms with Gasteiger partial charge in [-0.15, -0.1) is 10.2 Å². The van der Waals surface area contributed by atoms with Crippen molar-refractivity contribution in [1.82, 2.24) is 10.2 Å². The molecule has 0 atom stereocenters. The topological polar surface area (TPSA) is 99.2 Å². The van der Waals surface area contributed by atoms with Crippen molar-refractivity contribution in [2.75, 3.05) is 36.0 Å². The zero-order valence-electron chi connectivity index (χ0n) is 13.1. The summed E-state index contributed by atoms with van der Waals surface area (Å²) >= 11 is 0. The zero-order valence-corrected chi connectivity index (χ0v) is 13.1. The summed E-state index contributed by atoms with van der Waals surface area (Å²) in [5.41, 5.74) is 0.0430. The molecule has 2 fully saturated rings. The van der Waals surface area contributed by atoms with E-state index >= 15 is 0 Å². The lowest BCUT2D eigenvalue weighted by atomic mass is 10.0. The third-order valence-electron chi connectivity index (χ3n) is 4.70. The highest BCUT2D eigenvalue weighted by molar-refractivity contribution is 6.00. The summed E-state index contributed by atoms with van der Waals surface area (Å²) in [6.07, 6.45) is 2.24. The lowest BCUT2D eigenvalue weighted by molar-refractivity contribution is -0.384. The molecular weight excluding hydrogens is 308 g/mol. The van der Waals surface area contributed by atoms with Gasteiger partial charge >= 0.3 is 0 Å². The highest BCUT2D eigenvalue weighted by Gasteiger charge is 2.30. The van der Waals surface area contributed by atoms with Gasteiger partial charge in [0, 0.05) is 49.1 Å². The van der Waals surface area contributed by atoms with Crippen LogP contribution in [0.4, 0.5) is 17.3 Å². The number of rotatable bonds is 3. The number of nitrogens with zero attached hydrogens (tertiary/aromatic N) is 6. The van der Waals surface area contributed by atoms with E-state index in [1.54, 1.807) is 12.1 Å². The summed E-state index contributed by atoms with van der Waals surface area (Å²) in [6, 6.07) is 7.08. The first-order valence-electron chi connectivity index (χ1n) is 8.01. The number of hydrogen-bond donors (Lipinski definition) is 0. The summed E-state index contributed by atoms with van der Waals surface area (Å²) in [7, 11) is 0. The van der Waals surface area contributed by atoms with Crippen molar-refractivity contribution in [2.45, 2.75) is 12.8 Å². The average Bonchev–Trinajstić information content (AvgIpc) is 3.07. The maximum Gasteiger partial charge on any atom is 0.270 e. The van der Waals surface area contributed by atoms with Crippen LogP contribution >= 0.6 is 0 Å². The van der Waals surface area contributed by atoms with Gasteiger partial charge < -0.3 is 9.80 Å². The number of benzene rings is 1. The molecule has 2 aliphatic heterocycles. The number of nitro groups is 1.